The summed E-state index contributed by atoms with van der Waals surface area (Å²) < 4.78 is 43.9. The van der Waals surface area contributed by atoms with Gasteiger partial charge >= 0.3 is 0 Å². The Morgan fingerprint density at radius 2 is 1.69 bits per heavy atom. The third-order valence-electron chi connectivity index (χ3n) is 5.01. The van der Waals surface area contributed by atoms with Gasteiger partial charge in [-0.05, 0) is 35.9 Å². The minimum Gasteiger partial charge on any atom is -0.486 e. The second-order valence-electron chi connectivity index (χ2n) is 7.17. The second kappa shape index (κ2) is 9.99. The first-order chi connectivity index (χ1) is 15.5. The van der Waals surface area contributed by atoms with E-state index in [-0.39, 0.29) is 23.8 Å². The summed E-state index contributed by atoms with van der Waals surface area (Å²) in [6.45, 7) is 1.60. The Balaban J connectivity index is 1.39. The van der Waals surface area contributed by atoms with Gasteiger partial charge in [0, 0.05) is 19.6 Å². The number of para-hydroxylation sites is 1. The zero-order valence-electron chi connectivity index (χ0n) is 17.4. The lowest BCUT2D eigenvalue weighted by molar-refractivity contribution is 0.0730. The molecule has 168 valence electrons. The number of hydrogen-bond acceptors (Lipinski definition) is 6. The van der Waals surface area contributed by atoms with Crippen LogP contribution in [0.1, 0.15) is 21.9 Å². The fourth-order valence-electron chi connectivity index (χ4n) is 3.34. The molecule has 8 nitrogen and oxygen atoms in total. The molecule has 1 aliphatic rings. The molecule has 3 aromatic rings. The van der Waals surface area contributed by atoms with Gasteiger partial charge in [0.2, 0.25) is 10.0 Å². The van der Waals surface area contributed by atoms with Crippen LogP contribution in [0.25, 0.3) is 0 Å². The first-order valence-electron chi connectivity index (χ1n) is 10.2. The molecule has 0 radical (unpaired) electrons. The van der Waals surface area contributed by atoms with Crippen LogP contribution in [0.15, 0.2) is 76.0 Å². The predicted octanol–water partition coefficient (Wildman–Crippen LogP) is 2.81. The molecule has 2 aromatic carbocycles. The van der Waals surface area contributed by atoms with E-state index in [1.807, 2.05) is 30.3 Å². The Morgan fingerprint density at radius 1 is 0.969 bits per heavy atom. The minimum absolute atomic E-state index is 0.0507. The molecule has 9 heteroatoms. The Kier molecular flexibility index (Phi) is 6.89. The van der Waals surface area contributed by atoms with Crippen LogP contribution in [0.5, 0.6) is 5.75 Å². The van der Waals surface area contributed by atoms with E-state index in [1.165, 1.54) is 4.31 Å². The van der Waals surface area contributed by atoms with Crippen LogP contribution >= 0.6 is 0 Å². The van der Waals surface area contributed by atoms with Crippen LogP contribution < -0.4 is 10.1 Å². The highest BCUT2D eigenvalue weighted by Crippen LogP contribution is 2.21. The number of rotatable bonds is 8. The van der Waals surface area contributed by atoms with Crippen molar-refractivity contribution in [3.8, 4) is 5.75 Å². The summed E-state index contributed by atoms with van der Waals surface area (Å²) in [7, 11) is -3.67. The molecule has 0 bridgehead atoms. The van der Waals surface area contributed by atoms with Gasteiger partial charge in [-0.3, -0.25) is 4.79 Å². The van der Waals surface area contributed by atoms with Crippen molar-refractivity contribution in [1.29, 1.82) is 0 Å². The van der Waals surface area contributed by atoms with Gasteiger partial charge in [0.1, 0.15) is 18.1 Å². The average Bonchev–Trinajstić information content (AvgIpc) is 3.32. The highest BCUT2D eigenvalue weighted by atomic mass is 32.2. The topological polar surface area (TPSA) is 98.1 Å². The molecule has 32 heavy (non-hydrogen) atoms. The normalized spacial score (nSPS) is 14.8. The van der Waals surface area contributed by atoms with E-state index in [9.17, 15) is 13.2 Å². The van der Waals surface area contributed by atoms with Crippen molar-refractivity contribution in [3.05, 3.63) is 83.8 Å². The summed E-state index contributed by atoms with van der Waals surface area (Å²) in [5, 5.41) is 2.74. The largest absolute Gasteiger partial charge is 0.486 e. The molecule has 0 saturated carbocycles. The van der Waals surface area contributed by atoms with E-state index in [4.69, 9.17) is 13.9 Å². The number of carbonyl (C=O) groups excluding carboxylic acids is 1. The van der Waals surface area contributed by atoms with Gasteiger partial charge in [0.05, 0.1) is 18.1 Å². The molecule has 1 fully saturated rings. The van der Waals surface area contributed by atoms with E-state index in [1.54, 1.807) is 36.4 Å². The van der Waals surface area contributed by atoms with Gasteiger partial charge in [-0.25, -0.2) is 8.42 Å². The van der Waals surface area contributed by atoms with Crippen LogP contribution in [0.2, 0.25) is 0 Å². The van der Waals surface area contributed by atoms with Crippen LogP contribution in [0, 0.1) is 0 Å². The molecule has 1 saturated heterocycles. The molecule has 4 rings (SSSR count). The number of benzene rings is 2. The number of nitrogens with one attached hydrogen (secondary N) is 1. The minimum atomic E-state index is -3.67. The number of hydrogen-bond donors (Lipinski definition) is 1. The zero-order chi connectivity index (χ0) is 22.4. The van der Waals surface area contributed by atoms with Crippen molar-refractivity contribution in [2.45, 2.75) is 18.0 Å². The lowest BCUT2D eigenvalue weighted by Crippen LogP contribution is -2.41. The molecule has 1 aliphatic heterocycles. The SMILES string of the molecule is O=C(NCc1ccccc1S(=O)(=O)N1CCOCC1)c1ccc(COc2ccccc2)o1. The summed E-state index contributed by atoms with van der Waals surface area (Å²) >= 11 is 0. The zero-order valence-corrected chi connectivity index (χ0v) is 18.2. The number of furan rings is 1. The summed E-state index contributed by atoms with van der Waals surface area (Å²) in [4.78, 5) is 12.7. The maximum atomic E-state index is 13.0. The summed E-state index contributed by atoms with van der Waals surface area (Å²) in [5.41, 5.74) is 0.506. The van der Waals surface area contributed by atoms with Crippen molar-refractivity contribution in [1.82, 2.24) is 9.62 Å². The average molecular weight is 457 g/mol. The highest BCUT2D eigenvalue weighted by molar-refractivity contribution is 7.89. The molecule has 0 spiro atoms. The number of amides is 1. The molecular formula is C23H24N2O6S. The van der Waals surface area contributed by atoms with Gasteiger partial charge in [-0.1, -0.05) is 36.4 Å². The molecule has 0 aliphatic carbocycles. The smallest absolute Gasteiger partial charge is 0.287 e. The Hall–Kier alpha value is -3.14. The lowest BCUT2D eigenvalue weighted by Gasteiger charge is -2.27. The van der Waals surface area contributed by atoms with Crippen molar-refractivity contribution < 1.29 is 27.1 Å². The highest BCUT2D eigenvalue weighted by Gasteiger charge is 2.28. The van der Waals surface area contributed by atoms with E-state index >= 15 is 0 Å². The maximum absolute atomic E-state index is 13.0. The number of carbonyl (C=O) groups is 1. The van der Waals surface area contributed by atoms with Crippen LogP contribution in [0.3, 0.4) is 0 Å². The van der Waals surface area contributed by atoms with E-state index in [2.05, 4.69) is 5.32 Å². The standard InChI is InChI=1S/C23H24N2O6S/c26-23(21-11-10-20(31-21)17-30-19-7-2-1-3-8-19)24-16-18-6-4-5-9-22(18)32(27,28)25-12-14-29-15-13-25/h1-11H,12-17H2,(H,24,26). The second-order valence-corrected chi connectivity index (χ2v) is 9.08. The maximum Gasteiger partial charge on any atom is 0.287 e. The van der Waals surface area contributed by atoms with Crippen LogP contribution in [-0.2, 0) is 27.9 Å². The fourth-order valence-corrected chi connectivity index (χ4v) is 4.97. The van der Waals surface area contributed by atoms with E-state index in [0.717, 1.165) is 0 Å². The quantitative estimate of drug-likeness (QED) is 0.560. The van der Waals surface area contributed by atoms with Crippen LogP contribution in [0.4, 0.5) is 0 Å². The van der Waals surface area contributed by atoms with Gasteiger partial charge in [-0.15, -0.1) is 0 Å². The molecular weight excluding hydrogens is 432 g/mol. The predicted molar refractivity (Wildman–Crippen MR) is 117 cm³/mol. The van der Waals surface area contributed by atoms with Crippen molar-refractivity contribution in [2.75, 3.05) is 26.3 Å². The summed E-state index contributed by atoms with van der Waals surface area (Å²) in [5.74, 6) is 0.905. The lowest BCUT2D eigenvalue weighted by atomic mass is 10.2. The third-order valence-corrected chi connectivity index (χ3v) is 7.01. The number of sulfonamides is 1. The van der Waals surface area contributed by atoms with Gasteiger partial charge in [-0.2, -0.15) is 4.31 Å². The Labute approximate surface area is 186 Å². The monoisotopic (exact) mass is 456 g/mol. The molecule has 0 atom stereocenters. The molecule has 0 unspecified atom stereocenters. The molecule has 2 heterocycles. The molecule has 1 N–H and O–H groups in total. The van der Waals surface area contributed by atoms with Crippen molar-refractivity contribution in [2.24, 2.45) is 0 Å². The number of nitrogens with zero attached hydrogens (tertiary/aromatic N) is 1. The van der Waals surface area contributed by atoms with Crippen LogP contribution in [-0.4, -0.2) is 44.9 Å². The van der Waals surface area contributed by atoms with Crippen molar-refractivity contribution in [3.63, 3.8) is 0 Å². The van der Waals surface area contributed by atoms with E-state index < -0.39 is 15.9 Å². The summed E-state index contributed by atoms with van der Waals surface area (Å²) in [6.07, 6.45) is 0. The van der Waals surface area contributed by atoms with Crippen molar-refractivity contribution >= 4 is 15.9 Å². The molecule has 1 aromatic heterocycles. The first kappa shape index (κ1) is 22.1. The Bertz CT molecular complexity index is 1150. The van der Waals surface area contributed by atoms with E-state index in [0.29, 0.717) is 43.4 Å². The number of morpholine rings is 1. The van der Waals surface area contributed by atoms with Gasteiger partial charge in [0.25, 0.3) is 5.91 Å². The fraction of sp³-hybridized carbons (Fsp3) is 0.261. The molecule has 1 amide bonds. The van der Waals surface area contributed by atoms with Gasteiger partial charge in [0.15, 0.2) is 5.76 Å². The third kappa shape index (κ3) is 5.18. The summed E-state index contributed by atoms with van der Waals surface area (Å²) in [6, 6.07) is 19.2. The first-order valence-corrected chi connectivity index (χ1v) is 11.7. The van der Waals surface area contributed by atoms with Gasteiger partial charge < -0.3 is 19.2 Å². The Morgan fingerprint density at radius 3 is 2.47 bits per heavy atom. The number of ether oxygens (including phenoxy) is 2.